The Morgan fingerprint density at radius 3 is 2.67 bits per heavy atom. The van der Waals surface area contributed by atoms with Gasteiger partial charge < -0.3 is 19.7 Å². The van der Waals surface area contributed by atoms with E-state index >= 15 is 0 Å². The number of fused-ring (bicyclic) bond motifs is 1. The molecule has 0 radical (unpaired) electrons. The van der Waals surface area contributed by atoms with Gasteiger partial charge in [-0.05, 0) is 36.6 Å². The first-order chi connectivity index (χ1) is 14.2. The molecule has 1 heterocycles. The fourth-order valence-corrected chi connectivity index (χ4v) is 3.54. The molecular weight excluding hydrogens is 380 g/mol. The van der Waals surface area contributed by atoms with E-state index < -0.39 is 6.10 Å². The van der Waals surface area contributed by atoms with Crippen LogP contribution in [0, 0.1) is 5.41 Å². The maximum atomic E-state index is 12.9. The van der Waals surface area contributed by atoms with Crippen LogP contribution >= 0.6 is 0 Å². The van der Waals surface area contributed by atoms with Gasteiger partial charge in [-0.25, -0.2) is 0 Å². The average molecular weight is 411 g/mol. The normalized spacial score (nSPS) is 16.4. The molecule has 30 heavy (non-hydrogen) atoms. The molecule has 2 amide bonds. The van der Waals surface area contributed by atoms with Crippen molar-refractivity contribution in [3.8, 4) is 11.5 Å². The number of nitrogens with one attached hydrogen (secondary N) is 1. The largest absolute Gasteiger partial charge is 0.496 e. The monoisotopic (exact) mass is 410 g/mol. The number of carbonyl (C=O) groups is 2. The second-order valence-electron chi connectivity index (χ2n) is 8.87. The summed E-state index contributed by atoms with van der Waals surface area (Å²) in [4.78, 5) is 27.0. The van der Waals surface area contributed by atoms with Crippen molar-refractivity contribution in [2.45, 2.75) is 53.3 Å². The fraction of sp³-hybridized carbons (Fsp3) is 0.417. The van der Waals surface area contributed by atoms with Gasteiger partial charge in [0.1, 0.15) is 11.5 Å². The molecular formula is C24H30N2O4. The van der Waals surface area contributed by atoms with Crippen LogP contribution in [0.5, 0.6) is 11.5 Å². The van der Waals surface area contributed by atoms with Crippen molar-refractivity contribution in [1.29, 1.82) is 0 Å². The maximum Gasteiger partial charge on any atom is 0.263 e. The number of nitrogens with zero attached hydrogens (tertiary/aromatic N) is 1. The molecule has 1 aliphatic heterocycles. The Balaban J connectivity index is 1.83. The minimum Gasteiger partial charge on any atom is -0.496 e. The predicted molar refractivity (Wildman–Crippen MR) is 116 cm³/mol. The van der Waals surface area contributed by atoms with Crippen LogP contribution in [-0.2, 0) is 22.7 Å². The summed E-state index contributed by atoms with van der Waals surface area (Å²) in [7, 11) is 1.62. The number of rotatable bonds is 5. The van der Waals surface area contributed by atoms with Crippen molar-refractivity contribution < 1.29 is 19.1 Å². The highest BCUT2D eigenvalue weighted by atomic mass is 16.5. The molecule has 0 fully saturated rings. The van der Waals surface area contributed by atoms with Crippen LogP contribution in [0.2, 0.25) is 0 Å². The van der Waals surface area contributed by atoms with Gasteiger partial charge in [-0.3, -0.25) is 9.59 Å². The van der Waals surface area contributed by atoms with Gasteiger partial charge in [0.15, 0.2) is 6.10 Å². The van der Waals surface area contributed by atoms with Crippen molar-refractivity contribution in [2.75, 3.05) is 12.4 Å². The molecule has 0 spiro atoms. The molecule has 0 aliphatic carbocycles. The number of ether oxygens (including phenoxy) is 2. The van der Waals surface area contributed by atoms with Crippen LogP contribution in [-0.4, -0.2) is 29.9 Å². The van der Waals surface area contributed by atoms with E-state index in [1.807, 2.05) is 63.2 Å². The number of amides is 2. The summed E-state index contributed by atoms with van der Waals surface area (Å²) in [5.41, 5.74) is 2.40. The second kappa shape index (κ2) is 8.78. The van der Waals surface area contributed by atoms with E-state index in [1.165, 1.54) is 0 Å². The molecule has 6 nitrogen and oxygen atoms in total. The Hall–Kier alpha value is -3.02. The third-order valence-electron chi connectivity index (χ3n) is 4.91. The van der Waals surface area contributed by atoms with E-state index in [0.717, 1.165) is 16.9 Å². The molecule has 2 aromatic carbocycles. The lowest BCUT2D eigenvalue weighted by Crippen LogP contribution is -2.37. The van der Waals surface area contributed by atoms with Gasteiger partial charge in [-0.15, -0.1) is 0 Å². The van der Waals surface area contributed by atoms with Crippen LogP contribution in [0.1, 0.15) is 45.2 Å². The molecule has 1 unspecified atom stereocenters. The first kappa shape index (κ1) is 21.7. The highest BCUT2D eigenvalue weighted by molar-refractivity contribution is 5.91. The number of benzene rings is 2. The van der Waals surface area contributed by atoms with Gasteiger partial charge in [0, 0.05) is 36.3 Å². The number of para-hydroxylation sites is 1. The van der Waals surface area contributed by atoms with Crippen molar-refractivity contribution in [3.05, 3.63) is 53.6 Å². The molecule has 0 aromatic heterocycles. The van der Waals surface area contributed by atoms with Crippen LogP contribution in [0.25, 0.3) is 0 Å². The molecule has 0 saturated carbocycles. The van der Waals surface area contributed by atoms with E-state index in [-0.39, 0.29) is 17.2 Å². The molecule has 160 valence electrons. The lowest BCUT2D eigenvalue weighted by atomic mass is 9.92. The maximum absolute atomic E-state index is 12.9. The first-order valence-electron chi connectivity index (χ1n) is 10.2. The van der Waals surface area contributed by atoms with Crippen molar-refractivity contribution in [1.82, 2.24) is 4.90 Å². The topological polar surface area (TPSA) is 67.9 Å². The van der Waals surface area contributed by atoms with Gasteiger partial charge in [0.05, 0.1) is 7.11 Å². The predicted octanol–water partition coefficient (Wildman–Crippen LogP) is 4.38. The molecule has 3 rings (SSSR count). The van der Waals surface area contributed by atoms with Gasteiger partial charge in [-0.1, -0.05) is 39.0 Å². The Morgan fingerprint density at radius 2 is 1.97 bits per heavy atom. The number of hydrogen-bond donors (Lipinski definition) is 1. The molecule has 1 aliphatic rings. The molecule has 0 bridgehead atoms. The van der Waals surface area contributed by atoms with Gasteiger partial charge >= 0.3 is 0 Å². The Labute approximate surface area is 178 Å². The molecule has 1 atom stereocenters. The van der Waals surface area contributed by atoms with Crippen molar-refractivity contribution in [3.63, 3.8) is 0 Å². The van der Waals surface area contributed by atoms with E-state index in [4.69, 9.17) is 9.47 Å². The molecule has 1 N–H and O–H groups in total. The van der Waals surface area contributed by atoms with Gasteiger partial charge in [0.2, 0.25) is 5.91 Å². The fourth-order valence-electron chi connectivity index (χ4n) is 3.54. The third kappa shape index (κ3) is 5.32. The van der Waals surface area contributed by atoms with Crippen molar-refractivity contribution >= 4 is 17.5 Å². The number of carbonyl (C=O) groups excluding carboxylic acids is 2. The molecule has 0 saturated heterocycles. The van der Waals surface area contributed by atoms with Crippen LogP contribution < -0.4 is 14.8 Å². The summed E-state index contributed by atoms with van der Waals surface area (Å²) in [6.45, 7) is 8.64. The standard InChI is InChI=1S/C24H30N2O4/c1-16-23(28)26(14-17-8-6-7-9-20(17)29-5)15-18-12-19(10-11-21(18)30-16)25-22(27)13-24(2,3)4/h6-12,16H,13-15H2,1-5H3,(H,25,27). The number of hydrogen-bond acceptors (Lipinski definition) is 4. The highest BCUT2D eigenvalue weighted by Crippen LogP contribution is 2.31. The third-order valence-corrected chi connectivity index (χ3v) is 4.91. The average Bonchev–Trinajstić information content (AvgIpc) is 2.78. The van der Waals surface area contributed by atoms with E-state index in [9.17, 15) is 9.59 Å². The zero-order valence-electron chi connectivity index (χ0n) is 18.3. The zero-order valence-corrected chi connectivity index (χ0v) is 18.3. The summed E-state index contributed by atoms with van der Waals surface area (Å²) in [6, 6.07) is 13.2. The minimum atomic E-state index is -0.595. The Kier molecular flexibility index (Phi) is 6.34. The van der Waals surface area contributed by atoms with Crippen LogP contribution in [0.15, 0.2) is 42.5 Å². The first-order valence-corrected chi connectivity index (χ1v) is 10.2. The van der Waals surface area contributed by atoms with Crippen molar-refractivity contribution in [2.24, 2.45) is 5.41 Å². The minimum absolute atomic E-state index is 0.0349. The highest BCUT2D eigenvalue weighted by Gasteiger charge is 2.28. The zero-order chi connectivity index (χ0) is 21.9. The molecule has 2 aromatic rings. The smallest absolute Gasteiger partial charge is 0.263 e. The van der Waals surface area contributed by atoms with Gasteiger partial charge in [-0.2, -0.15) is 0 Å². The SMILES string of the molecule is COc1ccccc1CN1Cc2cc(NC(=O)CC(C)(C)C)ccc2OC(C)C1=O. The van der Waals surface area contributed by atoms with Crippen LogP contribution in [0.4, 0.5) is 5.69 Å². The van der Waals surface area contributed by atoms with E-state index in [1.54, 1.807) is 18.9 Å². The Morgan fingerprint density at radius 1 is 1.23 bits per heavy atom. The second-order valence-corrected chi connectivity index (χ2v) is 8.87. The van der Waals surface area contributed by atoms with E-state index in [0.29, 0.717) is 30.9 Å². The summed E-state index contributed by atoms with van der Waals surface area (Å²) in [5, 5.41) is 2.96. The number of anilines is 1. The summed E-state index contributed by atoms with van der Waals surface area (Å²) < 4.78 is 11.3. The van der Waals surface area contributed by atoms with E-state index in [2.05, 4.69) is 5.32 Å². The quantitative estimate of drug-likeness (QED) is 0.794. The summed E-state index contributed by atoms with van der Waals surface area (Å²) >= 11 is 0. The summed E-state index contributed by atoms with van der Waals surface area (Å²) in [6.07, 6.45) is -0.168. The molecule has 6 heteroatoms. The Bertz CT molecular complexity index is 933. The van der Waals surface area contributed by atoms with Gasteiger partial charge in [0.25, 0.3) is 5.91 Å². The lowest BCUT2D eigenvalue weighted by molar-refractivity contribution is -0.138. The lowest BCUT2D eigenvalue weighted by Gasteiger charge is -2.23. The number of methoxy groups -OCH3 is 1. The summed E-state index contributed by atoms with van der Waals surface area (Å²) in [5.74, 6) is 1.28. The van der Waals surface area contributed by atoms with Crippen LogP contribution in [0.3, 0.4) is 0 Å².